The predicted octanol–water partition coefficient (Wildman–Crippen LogP) is 26.7. The van der Waals surface area contributed by atoms with E-state index >= 15 is 0 Å². The summed E-state index contributed by atoms with van der Waals surface area (Å²) in [4.78, 5) is 21.7. The van der Waals surface area contributed by atoms with Crippen LogP contribution in [0.1, 0.15) is 10.4 Å². The first-order valence-electron chi connectivity index (χ1n) is 31.2. The van der Waals surface area contributed by atoms with E-state index in [1.165, 1.54) is 14.7 Å². The van der Waals surface area contributed by atoms with E-state index in [1.807, 2.05) is 262 Å². The first-order valence-corrected chi connectivity index (χ1v) is 37.3. The Kier molecular flexibility index (Phi) is 35.9. The molecule has 4 radical (unpaired) electrons. The summed E-state index contributed by atoms with van der Waals surface area (Å²) in [6.45, 7) is 1.78. The number of anilines is 2. The van der Waals surface area contributed by atoms with Crippen LogP contribution in [-0.4, -0.2) is 46.4 Å². The molecule has 0 spiro atoms. The average Bonchev–Trinajstić information content (AvgIpc) is 0.991. The number of para-hydroxylation sites is 1. The van der Waals surface area contributed by atoms with Crippen molar-refractivity contribution in [1.82, 2.24) is 0 Å². The van der Waals surface area contributed by atoms with Gasteiger partial charge in [-0.25, -0.2) is 12.1 Å². The molecule has 2 aliphatic rings. The van der Waals surface area contributed by atoms with Gasteiger partial charge in [-0.1, -0.05) is 84.4 Å². The van der Waals surface area contributed by atoms with Gasteiger partial charge in [0.15, 0.2) is 0 Å². The number of rotatable bonds is 22. The number of carbonyl (C=O) groups is 1. The van der Waals surface area contributed by atoms with Gasteiger partial charge < -0.3 is 40.3 Å². The summed E-state index contributed by atoms with van der Waals surface area (Å²) in [6.07, 6.45) is 17.1. The number of ether oxygens (including phenoxy) is 4. The van der Waals surface area contributed by atoms with Crippen molar-refractivity contribution in [3.05, 3.63) is 328 Å². The average molecular weight is 1710 g/mol. The second-order valence-electron chi connectivity index (χ2n) is 21.9. The molecule has 1 fully saturated rings. The van der Waals surface area contributed by atoms with Crippen molar-refractivity contribution in [1.29, 1.82) is 0 Å². The Hall–Kier alpha value is -8.22. The van der Waals surface area contributed by atoms with Crippen LogP contribution in [-0.2, 0) is 60.7 Å². The zero-order chi connectivity index (χ0) is 75.9. The Morgan fingerprint density at radius 1 is 0.444 bits per heavy atom. The number of thiol groups is 1. The van der Waals surface area contributed by atoms with Gasteiger partial charge in [0.2, 0.25) is 0 Å². The Morgan fingerprint density at radius 3 is 1.13 bits per heavy atom. The second-order valence-corrected chi connectivity index (χ2v) is 28.5. The van der Waals surface area contributed by atoms with Gasteiger partial charge >= 0.3 is 117 Å². The first-order chi connectivity index (χ1) is 49.5. The fraction of sp³-hybridized carbons (Fsp3) is 0.0789. The molecule has 0 saturated heterocycles. The zero-order valence-electron chi connectivity index (χ0n) is 56.7. The van der Waals surface area contributed by atoms with Crippen molar-refractivity contribution in [2.75, 3.05) is 50.2 Å². The zero-order valence-corrected chi connectivity index (χ0v) is 64.3. The Labute approximate surface area is 663 Å². The van der Waals surface area contributed by atoms with Crippen molar-refractivity contribution >= 4 is 91.9 Å². The monoisotopic (exact) mass is 1710 g/mol. The molecule has 32 heteroatoms. The van der Waals surface area contributed by atoms with Gasteiger partial charge in [0, 0.05) is 63.1 Å². The summed E-state index contributed by atoms with van der Waals surface area (Å²) in [5, 5.41) is 29.2. The van der Waals surface area contributed by atoms with Crippen molar-refractivity contribution < 1.29 is 130 Å². The summed E-state index contributed by atoms with van der Waals surface area (Å²) >= 11 is 7.81. The molecule has 0 bridgehead atoms. The molecule has 10 aromatic rings. The summed E-state index contributed by atoms with van der Waals surface area (Å²) in [5.74, 6) is 2.41. The number of halogens is 12. The fourth-order valence-corrected chi connectivity index (χ4v) is 10.1. The molecule has 108 heavy (non-hydrogen) atoms. The smallest absolute Gasteiger partial charge is 0.326 e. The summed E-state index contributed by atoms with van der Waals surface area (Å²) in [5.41, 5.74) is 6.09. The van der Waals surface area contributed by atoms with Crippen molar-refractivity contribution in [3.8, 4) is 23.0 Å². The predicted molar refractivity (Wildman–Crippen MR) is 396 cm³/mol. The molecule has 0 unspecified atom stereocenters. The van der Waals surface area contributed by atoms with Gasteiger partial charge in [-0.05, 0) is 188 Å². The molecule has 2 aliphatic carbocycles. The normalized spacial score (nSPS) is 13.2. The molecular weight excluding hydrogens is 1650 g/mol. The number of esters is 1. The third-order valence-electron chi connectivity index (χ3n) is 13.2. The summed E-state index contributed by atoms with van der Waals surface area (Å²) in [7, 11) is -17.4. The number of allylic oxidation sites excluding steroid dienone is 5. The van der Waals surface area contributed by atoms with Crippen LogP contribution in [0.4, 0.5) is 84.5 Å². The molecule has 12 rings (SSSR count). The summed E-state index contributed by atoms with van der Waals surface area (Å²) < 4.78 is 141. The SMILES string of the molecule is CN(CCOC(=O)c1cc[cH-]c1)c1ccc(N=Nc2ccc(Oc3ccc(Sc4ccc(Sc5ccc(S)cc5)cc4)cc3)cc2)cc1.CN(CCOC([O-])=C1C=CC=C1)c1ccc(N=Nc2ccc(Oc3ccccc3)cc2)cc1.F[P-](F)(F)(F)(F)F.F[P-](F)(F)(F)(F)F.[CH]1[CH][CH][CH-][CH]1.[Fe+2].[Fe+2].[Fe+2].c1cc[cH-]c1. The molecule has 0 N–H and O–H groups in total. The van der Waals surface area contributed by atoms with E-state index in [-0.39, 0.29) is 63.1 Å². The Balaban J connectivity index is 0.000000351. The molecule has 572 valence electrons. The van der Waals surface area contributed by atoms with E-state index in [4.69, 9.17) is 18.9 Å². The van der Waals surface area contributed by atoms with Crippen LogP contribution in [0.25, 0.3) is 0 Å². The van der Waals surface area contributed by atoms with Crippen LogP contribution in [0.15, 0.2) is 336 Å². The molecule has 1 saturated carbocycles. The van der Waals surface area contributed by atoms with Crippen molar-refractivity contribution in [2.45, 2.75) is 24.5 Å². The molecule has 0 amide bonds. The van der Waals surface area contributed by atoms with E-state index < -0.39 is 15.6 Å². The van der Waals surface area contributed by atoms with Crippen LogP contribution < -0.4 is 24.4 Å². The van der Waals surface area contributed by atoms with E-state index in [0.29, 0.717) is 37.4 Å². The maximum atomic E-state index is 12.0. The third-order valence-corrected chi connectivity index (χ3v) is 15.5. The van der Waals surface area contributed by atoms with Crippen LogP contribution in [0.5, 0.6) is 23.0 Å². The van der Waals surface area contributed by atoms with Gasteiger partial charge in [-0.2, -0.15) is 75.8 Å². The van der Waals surface area contributed by atoms with Crippen LogP contribution in [0.2, 0.25) is 0 Å². The number of carbonyl (C=O) groups excluding carboxylic acids is 1. The number of likely N-dealkylation sites (N-methyl/N-ethyl adjacent to an activating group) is 2. The Bertz CT molecular complexity index is 4350. The largest absolute Gasteiger partial charge is 2.00 e. The second kappa shape index (κ2) is 42.1. The number of benzene rings is 8. The van der Waals surface area contributed by atoms with E-state index in [1.54, 1.807) is 47.8 Å². The number of nitrogens with zero attached hydrogens (tertiary/aromatic N) is 6. The topological polar surface area (TPSA) is 133 Å². The fourth-order valence-electron chi connectivity index (χ4n) is 8.28. The van der Waals surface area contributed by atoms with Gasteiger partial charge in [0.05, 0.1) is 35.2 Å². The maximum Gasteiger partial charge on any atom is 2.00 e. The van der Waals surface area contributed by atoms with Gasteiger partial charge in [-0.15, -0.1) is 12.6 Å². The minimum absolute atomic E-state index is 0. The molecule has 10 aromatic carbocycles. The molecule has 0 aliphatic heterocycles. The number of azo groups is 2. The van der Waals surface area contributed by atoms with Crippen LogP contribution in [0, 0.1) is 32.1 Å². The van der Waals surface area contributed by atoms with Crippen molar-refractivity contribution in [2.24, 2.45) is 20.5 Å². The molecule has 0 atom stereocenters. The minimum Gasteiger partial charge on any atom is -0.326 e. The third kappa shape index (κ3) is 41.9. The quantitative estimate of drug-likeness (QED) is 0.0102. The number of hydrogen-bond donors (Lipinski definition) is 1. The summed E-state index contributed by atoms with van der Waals surface area (Å²) in [6, 6.07) is 82.0. The van der Waals surface area contributed by atoms with Crippen LogP contribution >= 0.6 is 51.8 Å². The van der Waals surface area contributed by atoms with Crippen LogP contribution in [0.3, 0.4) is 0 Å². The van der Waals surface area contributed by atoms with Gasteiger partial charge in [0.25, 0.3) is 5.97 Å². The van der Waals surface area contributed by atoms with Gasteiger partial charge in [0.1, 0.15) is 29.6 Å². The first kappa shape index (κ1) is 92.2. The molecular formula is C76H66F12Fe3N6O6P2S3. The molecule has 12 nitrogen and oxygen atoms in total. The van der Waals surface area contributed by atoms with Gasteiger partial charge in [-0.3, -0.25) is 4.79 Å². The number of hydrogen-bond acceptors (Lipinski definition) is 15. The standard InChI is InChI=1S/C39H32N3O3S3.C27H25N3O3.2C5H5.2F6P.3Fe/c1-42(26-27-44-39(43)28-4-2-3-5-28)31-10-6-29(7-11-31)40-41-30-8-12-32(13-9-30)45-33-14-18-35(19-15-33)47-37-22-24-38(25-23-37)48-36-20-16-34(46)17-21-36;1-30(19-20-32-27(31)21-7-5-6-8-21)24-15-11-22(12-16-24)28-29-23-13-17-26(18-14-23)33-25-9-3-2-4-10-25;2*1-2-4-5-3-1;2*1-7(2,3,4,5)6;;;/h2-25,46H,26-27H2,1H3;2-18,31H,19-20H2,1H3;2*1-5H;;;;;/q-1;;4*-1;3*+2/p-1. The minimum atomic E-state index is -10.7. The van der Waals surface area contributed by atoms with Crippen molar-refractivity contribution in [3.63, 3.8) is 0 Å². The van der Waals surface area contributed by atoms with E-state index in [2.05, 4.69) is 81.6 Å². The van der Waals surface area contributed by atoms with E-state index in [9.17, 15) is 60.3 Å². The molecule has 0 heterocycles. The molecule has 0 aromatic heterocycles. The Morgan fingerprint density at radius 2 is 0.787 bits per heavy atom. The maximum absolute atomic E-state index is 12.0. The van der Waals surface area contributed by atoms with E-state index in [0.717, 1.165) is 66.9 Å².